The molecule has 0 bridgehead atoms. The van der Waals surface area contributed by atoms with Crippen LogP contribution >= 0.6 is 11.6 Å². The first kappa shape index (κ1) is 29.7. The van der Waals surface area contributed by atoms with Crippen molar-refractivity contribution in [3.8, 4) is 0 Å². The number of benzene rings is 3. The molecule has 5 rings (SSSR count). The molecule has 1 aromatic heterocycles. The molecule has 0 spiro atoms. The molecular weight excluding hydrogens is 566 g/mol. The Balaban J connectivity index is 1.45. The van der Waals surface area contributed by atoms with E-state index in [-0.39, 0.29) is 12.2 Å². The second-order valence-electron chi connectivity index (χ2n) is 11.4. The average Bonchev–Trinajstić information content (AvgIpc) is 3.68. The van der Waals surface area contributed by atoms with Crippen LogP contribution in [0.3, 0.4) is 0 Å². The van der Waals surface area contributed by atoms with Gasteiger partial charge in [0, 0.05) is 10.4 Å². The van der Waals surface area contributed by atoms with Crippen LogP contribution in [0.4, 0.5) is 0 Å². The van der Waals surface area contributed by atoms with Gasteiger partial charge in [-0.15, -0.1) is 0 Å². The summed E-state index contributed by atoms with van der Waals surface area (Å²) >= 11 is 6.14. The third-order valence-corrected chi connectivity index (χ3v) is 10.6. The van der Waals surface area contributed by atoms with Gasteiger partial charge in [0.2, 0.25) is 0 Å². The zero-order chi connectivity index (χ0) is 29.9. The van der Waals surface area contributed by atoms with Gasteiger partial charge >= 0.3 is 5.97 Å². The first-order valence-corrected chi connectivity index (χ1v) is 16.1. The highest BCUT2D eigenvalue weighted by Gasteiger charge is 2.49. The molecule has 1 unspecified atom stereocenters. The number of nitrogens with zero attached hydrogens (tertiary/aromatic N) is 1. The normalized spacial score (nSPS) is 15.1. The summed E-state index contributed by atoms with van der Waals surface area (Å²) in [6.45, 7) is 6.04. The summed E-state index contributed by atoms with van der Waals surface area (Å²) in [4.78, 5) is 16.2. The van der Waals surface area contributed by atoms with E-state index in [2.05, 4.69) is 11.6 Å². The molecule has 4 aromatic rings. The first-order chi connectivity index (χ1) is 20.0. The van der Waals surface area contributed by atoms with Gasteiger partial charge in [0.05, 0.1) is 28.6 Å². The maximum atomic E-state index is 14.0. The summed E-state index contributed by atoms with van der Waals surface area (Å²) in [6.07, 6.45) is 5.89. The molecule has 1 aliphatic rings. The van der Waals surface area contributed by atoms with Crippen LogP contribution in [0, 0.1) is 5.41 Å². The van der Waals surface area contributed by atoms with Crippen molar-refractivity contribution < 1.29 is 18.3 Å². The van der Waals surface area contributed by atoms with Gasteiger partial charge in [-0.25, -0.2) is 13.4 Å². The molecule has 5 nitrogen and oxygen atoms in total. The minimum atomic E-state index is -3.67. The van der Waals surface area contributed by atoms with E-state index < -0.39 is 26.5 Å². The Kier molecular flexibility index (Phi) is 8.67. The summed E-state index contributed by atoms with van der Waals surface area (Å²) in [5.41, 5.74) is 5.47. The number of carboxylic acids is 1. The van der Waals surface area contributed by atoms with Gasteiger partial charge in [-0.2, -0.15) is 0 Å². The standard InChI is InChI=1S/C35H34ClNO4S/c1-24(2)31-9-4-3-7-26(31)13-17-33(42(40,41)23-35(18-19-35)22-34(38)39)28-8-5-6-25(20-28)10-15-30-16-12-27-11-14-29(36)21-32(27)37-30/h3-12,14-16,20-21,33H,1,13,17-19,22-23H2,2H3,(H,38,39)/b15-10+. The smallest absolute Gasteiger partial charge is 0.303 e. The lowest BCUT2D eigenvalue weighted by molar-refractivity contribution is -0.138. The minimum absolute atomic E-state index is 0.121. The topological polar surface area (TPSA) is 84.3 Å². The van der Waals surface area contributed by atoms with E-state index in [1.807, 2.05) is 97.9 Å². The zero-order valence-corrected chi connectivity index (χ0v) is 25.2. The quantitative estimate of drug-likeness (QED) is 0.177. The number of carbonyl (C=O) groups is 1. The van der Waals surface area contributed by atoms with Crippen molar-refractivity contribution >= 4 is 56.0 Å². The maximum Gasteiger partial charge on any atom is 0.303 e. The van der Waals surface area contributed by atoms with Crippen LogP contribution in [-0.2, 0) is 21.1 Å². The van der Waals surface area contributed by atoms with Gasteiger partial charge in [-0.1, -0.05) is 90.5 Å². The predicted octanol–water partition coefficient (Wildman–Crippen LogP) is 8.44. The fourth-order valence-corrected chi connectivity index (χ4v) is 8.29. The van der Waals surface area contributed by atoms with Crippen LogP contribution in [0.2, 0.25) is 5.02 Å². The second kappa shape index (κ2) is 12.2. The number of hydrogen-bond donors (Lipinski definition) is 1. The van der Waals surface area contributed by atoms with E-state index in [1.54, 1.807) is 0 Å². The van der Waals surface area contributed by atoms with Gasteiger partial charge in [-0.3, -0.25) is 4.79 Å². The van der Waals surface area contributed by atoms with Gasteiger partial charge in [0.15, 0.2) is 9.84 Å². The number of hydrogen-bond acceptors (Lipinski definition) is 4. The number of halogens is 1. The molecule has 1 heterocycles. The molecule has 1 fully saturated rings. The van der Waals surface area contributed by atoms with Gasteiger partial charge in [-0.05, 0) is 84.6 Å². The lowest BCUT2D eigenvalue weighted by Gasteiger charge is -2.22. The minimum Gasteiger partial charge on any atom is -0.481 e. The van der Waals surface area contributed by atoms with Crippen LogP contribution in [-0.4, -0.2) is 30.2 Å². The fraction of sp³-hybridized carbons (Fsp3) is 0.257. The van der Waals surface area contributed by atoms with E-state index in [0.29, 0.717) is 36.3 Å². The van der Waals surface area contributed by atoms with Crippen molar-refractivity contribution in [3.05, 3.63) is 118 Å². The summed E-state index contributed by atoms with van der Waals surface area (Å²) in [5, 5.41) is 10.3. The predicted molar refractivity (Wildman–Crippen MR) is 172 cm³/mol. The van der Waals surface area contributed by atoms with Crippen LogP contribution in [0.5, 0.6) is 0 Å². The number of allylic oxidation sites excluding steroid dienone is 1. The molecule has 1 aliphatic carbocycles. The number of carboxylic acid groups (broad SMARTS) is 1. The van der Waals surface area contributed by atoms with E-state index in [0.717, 1.165) is 38.9 Å². The van der Waals surface area contributed by atoms with Crippen molar-refractivity contribution in [1.82, 2.24) is 4.98 Å². The lowest BCUT2D eigenvalue weighted by atomic mass is 9.96. The molecule has 0 aliphatic heterocycles. The number of rotatable bonds is 12. The molecular formula is C35H34ClNO4S. The Morgan fingerprint density at radius 3 is 2.55 bits per heavy atom. The molecule has 1 atom stereocenters. The van der Waals surface area contributed by atoms with Gasteiger partial charge in [0.1, 0.15) is 0 Å². The number of aliphatic carboxylic acids is 1. The number of fused-ring (bicyclic) bond motifs is 1. The first-order valence-electron chi connectivity index (χ1n) is 14.1. The molecule has 1 N–H and O–H groups in total. The number of pyridine rings is 1. The van der Waals surface area contributed by atoms with Crippen LogP contribution in [0.15, 0.2) is 85.4 Å². The van der Waals surface area contributed by atoms with Crippen LogP contribution in [0.1, 0.15) is 65.8 Å². The fourth-order valence-electron chi connectivity index (χ4n) is 5.64. The van der Waals surface area contributed by atoms with Crippen LogP contribution < -0.4 is 0 Å². The highest BCUT2D eigenvalue weighted by atomic mass is 35.5. The Morgan fingerprint density at radius 2 is 1.81 bits per heavy atom. The van der Waals surface area contributed by atoms with Crippen molar-refractivity contribution in [1.29, 1.82) is 0 Å². The van der Waals surface area contributed by atoms with Crippen molar-refractivity contribution in [2.24, 2.45) is 5.41 Å². The Bertz CT molecular complexity index is 1790. The summed E-state index contributed by atoms with van der Waals surface area (Å²) in [7, 11) is -3.67. The molecule has 216 valence electrons. The monoisotopic (exact) mass is 599 g/mol. The SMILES string of the molecule is C=C(C)c1ccccc1CCC(c1cccc(/C=C/c2ccc3ccc(Cl)cc3n2)c1)S(=O)(=O)CC1(CC(=O)O)CC1. The Morgan fingerprint density at radius 1 is 1.05 bits per heavy atom. The zero-order valence-electron chi connectivity index (χ0n) is 23.6. The molecule has 0 radical (unpaired) electrons. The molecule has 3 aromatic carbocycles. The number of sulfone groups is 1. The number of aryl methyl sites for hydroxylation is 1. The van der Waals surface area contributed by atoms with Gasteiger partial charge in [0.25, 0.3) is 0 Å². The average molecular weight is 600 g/mol. The van der Waals surface area contributed by atoms with E-state index in [4.69, 9.17) is 11.6 Å². The third kappa shape index (κ3) is 7.18. The summed E-state index contributed by atoms with van der Waals surface area (Å²) in [5.74, 6) is -1.07. The van der Waals surface area contributed by atoms with E-state index >= 15 is 0 Å². The maximum absolute atomic E-state index is 14.0. The van der Waals surface area contributed by atoms with Crippen LogP contribution in [0.25, 0.3) is 28.6 Å². The molecule has 7 heteroatoms. The van der Waals surface area contributed by atoms with E-state index in [9.17, 15) is 18.3 Å². The highest BCUT2D eigenvalue weighted by molar-refractivity contribution is 7.91. The molecule has 1 saturated carbocycles. The second-order valence-corrected chi connectivity index (χ2v) is 14.0. The van der Waals surface area contributed by atoms with Gasteiger partial charge < -0.3 is 5.11 Å². The third-order valence-electron chi connectivity index (χ3n) is 7.98. The largest absolute Gasteiger partial charge is 0.481 e. The molecule has 42 heavy (non-hydrogen) atoms. The highest BCUT2D eigenvalue weighted by Crippen LogP contribution is 2.51. The molecule has 0 amide bonds. The Hall–Kier alpha value is -3.74. The molecule has 0 saturated heterocycles. The Labute approximate surface area is 252 Å². The summed E-state index contributed by atoms with van der Waals surface area (Å²) < 4.78 is 28.0. The lowest BCUT2D eigenvalue weighted by Crippen LogP contribution is -2.25. The number of aromatic nitrogens is 1. The van der Waals surface area contributed by atoms with Crippen molar-refractivity contribution in [2.45, 2.75) is 44.3 Å². The van der Waals surface area contributed by atoms with Crippen molar-refractivity contribution in [2.75, 3.05) is 5.75 Å². The van der Waals surface area contributed by atoms with E-state index in [1.165, 1.54) is 0 Å². The van der Waals surface area contributed by atoms with Crippen molar-refractivity contribution in [3.63, 3.8) is 0 Å². The summed E-state index contributed by atoms with van der Waals surface area (Å²) in [6, 6.07) is 25.0.